The van der Waals surface area contributed by atoms with E-state index in [-0.39, 0.29) is 28.1 Å². The number of carboxylic acids is 15. The largest absolute Gasteiger partial charge is 0.509 e. The number of carboxylic acid groups (broad SMARTS) is 15. The molecule has 0 aliphatic heterocycles. The molecule has 43 heteroatoms. The number of esters is 6. The molecule has 540 valence electrons. The summed E-state index contributed by atoms with van der Waals surface area (Å²) in [7, 11) is 0. The summed E-state index contributed by atoms with van der Waals surface area (Å²) in [6.07, 6.45) is -9.07. The Balaban J connectivity index is -0.000000202. The lowest BCUT2D eigenvalue weighted by Gasteiger charge is -2.26. The summed E-state index contributed by atoms with van der Waals surface area (Å²) >= 11 is 0. The monoisotopic (exact) mass is 1410 g/mol. The third-order valence-electron chi connectivity index (χ3n) is 8.59. The number of carbonyl (C=O) groups is 21. The van der Waals surface area contributed by atoms with E-state index in [9.17, 15) is 101 Å². The number of rotatable bonds is 35. The number of aliphatic hydroxyl groups excluding tert-OH is 1. The van der Waals surface area contributed by atoms with E-state index in [1.807, 2.05) is 0 Å². The van der Waals surface area contributed by atoms with Gasteiger partial charge in [-0.2, -0.15) is 0 Å². The summed E-state index contributed by atoms with van der Waals surface area (Å²) in [6.45, 7) is 28.4. The minimum atomic E-state index is -2.65. The fourth-order valence-corrected chi connectivity index (χ4v) is 4.45. The molecule has 0 aromatic carbocycles. The molecule has 0 rings (SSSR count). The van der Waals surface area contributed by atoms with Gasteiger partial charge in [0.05, 0.1) is 32.1 Å². The molecule has 4 unspecified atom stereocenters. The number of allylic oxidation sites excluding steroid dienone is 1. The Kier molecular flexibility index (Phi) is 49.6. The number of hydrogen-bond donors (Lipinski definition) is 16. The summed E-state index contributed by atoms with van der Waals surface area (Å²) < 4.78 is 26.3. The van der Waals surface area contributed by atoms with Crippen molar-refractivity contribution in [2.24, 2.45) is 0 Å². The van der Waals surface area contributed by atoms with Crippen molar-refractivity contribution >= 4 is 125 Å². The van der Waals surface area contributed by atoms with Crippen LogP contribution in [0.5, 0.6) is 0 Å². The Morgan fingerprint density at radius 2 is 0.582 bits per heavy atom. The summed E-state index contributed by atoms with van der Waals surface area (Å²) in [5, 5.41) is 135. The van der Waals surface area contributed by atoms with Gasteiger partial charge >= 0.3 is 125 Å². The van der Waals surface area contributed by atoms with Crippen molar-refractivity contribution in [2.45, 2.75) is 88.5 Å². The molecule has 0 radical (unpaired) electrons. The fourth-order valence-electron chi connectivity index (χ4n) is 4.45. The third-order valence-corrected chi connectivity index (χ3v) is 8.59. The van der Waals surface area contributed by atoms with Crippen LogP contribution >= 0.6 is 0 Å². The van der Waals surface area contributed by atoms with Crippen LogP contribution in [-0.4, -0.2) is 243 Å². The van der Waals surface area contributed by atoms with Crippen molar-refractivity contribution in [1.29, 1.82) is 0 Å². The molecule has 0 bridgehead atoms. The van der Waals surface area contributed by atoms with Gasteiger partial charge in [0, 0.05) is 58.7 Å². The molecule has 0 aromatic heterocycles. The molecule has 0 saturated carbocycles. The zero-order chi connectivity index (χ0) is 79.0. The topological polar surface area (TPSA) is 738 Å². The molecule has 0 aliphatic rings. The molecule has 0 saturated heterocycles. The van der Waals surface area contributed by atoms with Gasteiger partial charge in [0.25, 0.3) is 0 Å². The molecule has 0 amide bonds. The first-order valence-corrected chi connectivity index (χ1v) is 24.5. The van der Waals surface area contributed by atoms with Crippen LogP contribution in [0, 0.1) is 0 Å². The van der Waals surface area contributed by atoms with Crippen LogP contribution in [0.3, 0.4) is 0 Å². The van der Waals surface area contributed by atoms with Gasteiger partial charge in [-0.3, -0.25) is 24.0 Å². The van der Waals surface area contributed by atoms with Gasteiger partial charge in [-0.15, -0.1) is 0 Å². The molecular formula is C55H62O43. The molecule has 0 aliphatic carbocycles. The lowest BCUT2D eigenvalue weighted by molar-refractivity contribution is -0.184. The zero-order valence-electron chi connectivity index (χ0n) is 50.7. The normalized spacial score (nSPS) is 11.0. The highest BCUT2D eigenvalue weighted by Crippen LogP contribution is 2.24. The number of hydrogen-bond acceptors (Lipinski definition) is 28. The molecule has 16 N–H and O–H groups in total. The van der Waals surface area contributed by atoms with E-state index in [0.717, 1.165) is 12.2 Å². The van der Waals surface area contributed by atoms with Crippen LogP contribution in [0.1, 0.15) is 52.9 Å². The predicted molar refractivity (Wildman–Crippen MR) is 309 cm³/mol. The fraction of sp³-hybridized carbons (Fsp3) is 0.255. The summed E-state index contributed by atoms with van der Waals surface area (Å²) in [6, 6.07) is 0. The van der Waals surface area contributed by atoms with E-state index >= 15 is 0 Å². The number of aliphatic carboxylic acids is 15. The van der Waals surface area contributed by atoms with Crippen LogP contribution in [-0.2, 0) is 129 Å². The second-order valence-electron chi connectivity index (χ2n) is 17.0. The lowest BCUT2D eigenvalue weighted by Crippen LogP contribution is -2.47. The van der Waals surface area contributed by atoms with Gasteiger partial charge in [0.2, 0.25) is 35.6 Å². The molecule has 0 heterocycles. The van der Waals surface area contributed by atoms with Crippen molar-refractivity contribution in [3.63, 3.8) is 0 Å². The van der Waals surface area contributed by atoms with Crippen molar-refractivity contribution in [2.75, 3.05) is 0 Å². The van der Waals surface area contributed by atoms with Crippen LogP contribution < -0.4 is 0 Å². The Morgan fingerprint density at radius 3 is 0.745 bits per heavy atom. The second-order valence-corrected chi connectivity index (χ2v) is 17.0. The minimum absolute atomic E-state index is 0.133. The van der Waals surface area contributed by atoms with Crippen molar-refractivity contribution in [3.05, 3.63) is 123 Å². The van der Waals surface area contributed by atoms with Gasteiger partial charge in [-0.25, -0.2) is 76.7 Å². The Bertz CT molecular complexity index is 3030. The van der Waals surface area contributed by atoms with Gasteiger partial charge in [0.1, 0.15) is 5.76 Å². The first kappa shape index (κ1) is 97.7. The maximum Gasteiger partial charge on any atom is 0.349 e. The molecule has 4 atom stereocenters. The molecule has 0 spiro atoms. The highest BCUT2D eigenvalue weighted by atomic mass is 16.6. The first-order chi connectivity index (χ1) is 44.5. The number of ether oxygens (including phenoxy) is 6. The van der Waals surface area contributed by atoms with E-state index in [2.05, 4.69) is 81.1 Å². The van der Waals surface area contributed by atoms with Gasteiger partial charge in [-0.1, -0.05) is 52.6 Å². The molecule has 43 nitrogen and oxygen atoms in total. The smallest absolute Gasteiger partial charge is 0.349 e. The quantitative estimate of drug-likeness (QED) is 0.0123. The summed E-state index contributed by atoms with van der Waals surface area (Å²) in [5.74, 6) is -30.5. The summed E-state index contributed by atoms with van der Waals surface area (Å²) in [5.41, 5.74) is -6.02. The van der Waals surface area contributed by atoms with E-state index in [1.54, 1.807) is 0 Å². The van der Waals surface area contributed by atoms with Crippen LogP contribution in [0.4, 0.5) is 0 Å². The lowest BCUT2D eigenvalue weighted by atomic mass is 9.95. The standard InChI is InChI=1S/C12H14O8.C10H12O8.C10H10O8.C9H10O8.C5H6O4.C5H6O3.C4H4O4/c1-5(2)11(17)19-7(9(13)14)8(10(15)16)20-12(18)6(3)4;1-5(2)8(15)18-10(9(16)17,3-6(11)12)4-7(13)14;1-3-5(11)17-7(9(13)14)8(10(15)16)18-6(12)4-2;1-2-7(14)17-9(8(15)16,3-5(10)11)4-6(12)13;1-3(5(8)9)2-4(6)7;1-4(6)2-3-5(7)8;5-3(6)1-2-4(7)8/h7-8H,1,3H2,2,4H3,(H,13,14)(H,15,16);1,3-4H2,2H3,(H,11,12)(H,13,14)(H,16,17);3-4,7-8H,1-2H2,(H,13,14)(H,15,16);2H,1,3-4H2,(H,10,11)(H,12,13)(H,15,16);1-2H2,(H,6,7)(H,8,9);2-3,6H,1H2,(H,7,8);1-2H,(H,5,6)(H,7,8)/b;;;;;3-2+;2-1-. The van der Waals surface area contributed by atoms with Crippen molar-refractivity contribution in [1.82, 2.24) is 0 Å². The van der Waals surface area contributed by atoms with E-state index in [0.29, 0.717) is 30.4 Å². The molecule has 0 fully saturated rings. The van der Waals surface area contributed by atoms with Crippen LogP contribution in [0.2, 0.25) is 0 Å². The Labute approximate surface area is 546 Å². The van der Waals surface area contributed by atoms with E-state index < -0.39 is 193 Å². The maximum atomic E-state index is 11.3. The average Bonchev–Trinajstić information content (AvgIpc) is 0.840. The zero-order valence-corrected chi connectivity index (χ0v) is 50.7. The first-order valence-electron chi connectivity index (χ1n) is 24.5. The molecule has 0 aromatic rings. The average molecular weight is 1410 g/mol. The van der Waals surface area contributed by atoms with Crippen molar-refractivity contribution in [3.8, 4) is 0 Å². The minimum Gasteiger partial charge on any atom is -0.509 e. The van der Waals surface area contributed by atoms with Gasteiger partial charge in [-0.05, 0) is 26.8 Å². The predicted octanol–water partition coefficient (Wildman–Crippen LogP) is -0.638. The van der Waals surface area contributed by atoms with Gasteiger partial charge < -0.3 is 110 Å². The van der Waals surface area contributed by atoms with Crippen LogP contribution in [0.25, 0.3) is 0 Å². The van der Waals surface area contributed by atoms with Crippen LogP contribution in [0.15, 0.2) is 123 Å². The van der Waals surface area contributed by atoms with E-state index in [4.69, 9.17) is 81.7 Å². The highest BCUT2D eigenvalue weighted by Gasteiger charge is 2.48. The molecule has 98 heavy (non-hydrogen) atoms. The number of aliphatic hydroxyl groups is 1. The third kappa shape index (κ3) is 49.8. The second kappa shape index (κ2) is 49.7. The summed E-state index contributed by atoms with van der Waals surface area (Å²) in [4.78, 5) is 222. The molecular weight excluding hydrogens is 1350 g/mol. The maximum absolute atomic E-state index is 11.3. The van der Waals surface area contributed by atoms with E-state index in [1.165, 1.54) is 20.8 Å². The number of carbonyl (C=O) groups excluding carboxylic acids is 6. The Morgan fingerprint density at radius 1 is 0.337 bits per heavy atom. The van der Waals surface area contributed by atoms with Gasteiger partial charge in [0.15, 0.2) is 0 Å². The Hall–Kier alpha value is -13.9. The highest BCUT2D eigenvalue weighted by molar-refractivity contribution is 5.97. The van der Waals surface area contributed by atoms with Crippen molar-refractivity contribution < 1.29 is 211 Å². The SMILES string of the molecule is C=C(C)C(=O)OC(C(=O)O)C(OC(=O)C(=C)C)C(=O)O.C=C(C)C(=O)OC(CC(=O)O)(CC(=O)O)C(=O)O.C=C(CC(=O)O)C(=O)O.C=C(O)/C=C/C(=O)O.C=CC(=O)OC(C(=O)O)C(OC(=O)C=C)C(=O)O.C=CC(=O)OC(CC(=O)O)(CC(=O)O)C(=O)O.O=C(O)/C=C\C(=O)O.